The van der Waals surface area contributed by atoms with Crippen LogP contribution in [0.15, 0.2) is 29.2 Å². The average Bonchev–Trinajstić information content (AvgIpc) is 3.11. The van der Waals surface area contributed by atoms with E-state index < -0.39 is 39.8 Å². The highest BCUT2D eigenvalue weighted by molar-refractivity contribution is 7.89. The molecule has 1 fully saturated rings. The number of carbonyl (C=O) groups excluding carboxylic acids is 2. The highest BCUT2D eigenvalue weighted by Gasteiger charge is 2.28. The number of ketones is 1. The summed E-state index contributed by atoms with van der Waals surface area (Å²) >= 11 is 0. The van der Waals surface area contributed by atoms with Gasteiger partial charge in [-0.1, -0.05) is 0 Å². The number of aromatic nitrogens is 1. The molecule has 0 saturated carbocycles. The Balaban J connectivity index is 1.71. The number of hydrogen-bond acceptors (Lipinski definition) is 7. The maximum absolute atomic E-state index is 14.3. The van der Waals surface area contributed by atoms with Gasteiger partial charge in [0.25, 0.3) is 0 Å². The van der Waals surface area contributed by atoms with Crippen molar-refractivity contribution in [3.63, 3.8) is 0 Å². The number of Topliss-reactive ketones (excluding diaryl/α,β-unsaturated/α-hetero) is 1. The van der Waals surface area contributed by atoms with Crippen LogP contribution in [0.3, 0.4) is 0 Å². The van der Waals surface area contributed by atoms with E-state index in [2.05, 4.69) is 0 Å². The van der Waals surface area contributed by atoms with Gasteiger partial charge in [0.05, 0.1) is 23.7 Å². The number of halogens is 1. The summed E-state index contributed by atoms with van der Waals surface area (Å²) in [5, 5.41) is 0. The first kappa shape index (κ1) is 26.0. The monoisotopic (exact) mass is 496 g/mol. The normalized spacial score (nSPS) is 14.8. The highest BCUT2D eigenvalue weighted by Crippen LogP contribution is 2.21. The van der Waals surface area contributed by atoms with Crippen LogP contribution in [-0.4, -0.2) is 75.7 Å². The summed E-state index contributed by atoms with van der Waals surface area (Å²) in [4.78, 5) is 25.0. The smallest absolute Gasteiger partial charge is 0.341 e. The molecule has 1 aromatic carbocycles. The second kappa shape index (κ2) is 11.2. The van der Waals surface area contributed by atoms with Crippen molar-refractivity contribution in [2.75, 3.05) is 46.6 Å². The minimum atomic E-state index is -3.93. The average molecular weight is 497 g/mol. The number of hydrogen-bond donors (Lipinski definition) is 0. The lowest BCUT2D eigenvalue weighted by atomic mass is 10.1. The van der Waals surface area contributed by atoms with Crippen molar-refractivity contribution in [3.05, 3.63) is 52.6 Å². The predicted octanol–water partition coefficient (Wildman–Crippen LogP) is 2.34. The van der Waals surface area contributed by atoms with Crippen LogP contribution in [0, 0.1) is 19.7 Å². The van der Waals surface area contributed by atoms with E-state index in [1.165, 1.54) is 4.31 Å². The van der Waals surface area contributed by atoms with Crippen LogP contribution in [-0.2, 0) is 30.8 Å². The molecular formula is C23H29FN2O7S. The van der Waals surface area contributed by atoms with E-state index in [0.29, 0.717) is 18.7 Å². The molecule has 0 aliphatic carbocycles. The van der Waals surface area contributed by atoms with Gasteiger partial charge >= 0.3 is 5.97 Å². The minimum absolute atomic E-state index is 0.165. The number of nitrogens with zero attached hydrogens (tertiary/aromatic N) is 2. The van der Waals surface area contributed by atoms with E-state index in [-0.39, 0.29) is 31.2 Å². The molecule has 0 amide bonds. The van der Waals surface area contributed by atoms with E-state index in [1.807, 2.05) is 11.5 Å². The third-order valence-corrected chi connectivity index (χ3v) is 7.60. The Hall–Kier alpha value is -2.60. The third kappa shape index (κ3) is 5.72. The van der Waals surface area contributed by atoms with Gasteiger partial charge in [0.15, 0.2) is 6.61 Å². The van der Waals surface area contributed by atoms with Gasteiger partial charge in [-0.05, 0) is 44.5 Å². The van der Waals surface area contributed by atoms with Crippen molar-refractivity contribution < 1.29 is 36.6 Å². The maximum Gasteiger partial charge on any atom is 0.341 e. The number of morpholine rings is 1. The third-order valence-electron chi connectivity index (χ3n) is 5.70. The first-order valence-corrected chi connectivity index (χ1v) is 12.3. The topological polar surface area (TPSA) is 104 Å². The standard InChI is InChI=1S/C23H29FN2O7S/c1-16-13-19(17(2)26(16)7-4-10-31-3)22(27)15-33-23(28)20-14-18(5-6-21(20)24)34(29,30)25-8-11-32-12-9-25/h5-6,13-14H,4,7-12,15H2,1-3H3. The molecule has 9 nitrogen and oxygen atoms in total. The minimum Gasteiger partial charge on any atom is -0.454 e. The van der Waals surface area contributed by atoms with Crippen molar-refractivity contribution in [2.45, 2.75) is 31.7 Å². The Labute approximate surface area is 198 Å². The number of rotatable bonds is 10. The molecule has 0 unspecified atom stereocenters. The number of ether oxygens (including phenoxy) is 3. The molecule has 3 rings (SSSR count). The van der Waals surface area contributed by atoms with Gasteiger partial charge in [-0.2, -0.15) is 4.31 Å². The van der Waals surface area contributed by atoms with Gasteiger partial charge in [0.2, 0.25) is 15.8 Å². The van der Waals surface area contributed by atoms with Gasteiger partial charge < -0.3 is 18.8 Å². The van der Waals surface area contributed by atoms with Gasteiger partial charge in [-0.3, -0.25) is 4.79 Å². The van der Waals surface area contributed by atoms with Crippen LogP contribution in [0.5, 0.6) is 0 Å². The van der Waals surface area contributed by atoms with Crippen molar-refractivity contribution in [1.82, 2.24) is 8.87 Å². The number of methoxy groups -OCH3 is 1. The molecule has 1 aliphatic rings. The fraction of sp³-hybridized carbons (Fsp3) is 0.478. The molecule has 1 aromatic heterocycles. The van der Waals surface area contributed by atoms with E-state index in [0.717, 1.165) is 36.0 Å². The van der Waals surface area contributed by atoms with E-state index in [4.69, 9.17) is 14.2 Å². The molecular weight excluding hydrogens is 467 g/mol. The molecule has 0 N–H and O–H groups in total. The Bertz CT molecular complexity index is 1150. The number of carbonyl (C=O) groups is 2. The van der Waals surface area contributed by atoms with E-state index in [1.54, 1.807) is 20.1 Å². The lowest BCUT2D eigenvalue weighted by Crippen LogP contribution is -2.40. The van der Waals surface area contributed by atoms with Gasteiger partial charge in [0, 0.05) is 50.3 Å². The number of sulfonamides is 1. The zero-order chi connectivity index (χ0) is 24.9. The van der Waals surface area contributed by atoms with E-state index >= 15 is 0 Å². The molecule has 1 saturated heterocycles. The fourth-order valence-electron chi connectivity index (χ4n) is 3.84. The Morgan fingerprint density at radius 3 is 2.50 bits per heavy atom. The largest absolute Gasteiger partial charge is 0.454 e. The summed E-state index contributed by atoms with van der Waals surface area (Å²) in [5.74, 6) is -2.48. The van der Waals surface area contributed by atoms with Crippen LogP contribution >= 0.6 is 0 Å². The zero-order valence-corrected chi connectivity index (χ0v) is 20.3. The van der Waals surface area contributed by atoms with Crippen LogP contribution in [0.25, 0.3) is 0 Å². The van der Waals surface area contributed by atoms with Crippen LogP contribution < -0.4 is 0 Å². The molecule has 186 valence electrons. The summed E-state index contributed by atoms with van der Waals surface area (Å²) in [6.07, 6.45) is 0.776. The number of esters is 1. The lowest BCUT2D eigenvalue weighted by molar-refractivity contribution is 0.0469. The predicted molar refractivity (Wildman–Crippen MR) is 121 cm³/mol. The molecule has 2 heterocycles. The zero-order valence-electron chi connectivity index (χ0n) is 19.5. The fourth-order valence-corrected chi connectivity index (χ4v) is 5.27. The van der Waals surface area contributed by atoms with Crippen molar-refractivity contribution >= 4 is 21.8 Å². The Morgan fingerprint density at radius 1 is 1.12 bits per heavy atom. The second-order valence-electron chi connectivity index (χ2n) is 7.94. The van der Waals surface area contributed by atoms with Crippen LogP contribution in [0.2, 0.25) is 0 Å². The van der Waals surface area contributed by atoms with Gasteiger partial charge in [-0.15, -0.1) is 0 Å². The molecule has 34 heavy (non-hydrogen) atoms. The molecule has 0 bridgehead atoms. The van der Waals surface area contributed by atoms with E-state index in [9.17, 15) is 22.4 Å². The molecule has 2 aromatic rings. The second-order valence-corrected chi connectivity index (χ2v) is 9.88. The van der Waals surface area contributed by atoms with Crippen LogP contribution in [0.4, 0.5) is 4.39 Å². The maximum atomic E-state index is 14.3. The van der Waals surface area contributed by atoms with Crippen molar-refractivity contribution in [1.29, 1.82) is 0 Å². The number of aryl methyl sites for hydroxylation is 1. The summed E-state index contributed by atoms with van der Waals surface area (Å²) in [6.45, 7) is 5.18. The summed E-state index contributed by atoms with van der Waals surface area (Å²) in [6, 6.07) is 4.66. The van der Waals surface area contributed by atoms with Gasteiger partial charge in [-0.25, -0.2) is 17.6 Å². The summed E-state index contributed by atoms with van der Waals surface area (Å²) in [7, 11) is -2.31. The molecule has 0 atom stereocenters. The summed E-state index contributed by atoms with van der Waals surface area (Å²) in [5.41, 5.74) is 1.48. The quantitative estimate of drug-likeness (QED) is 0.283. The Morgan fingerprint density at radius 2 is 1.82 bits per heavy atom. The van der Waals surface area contributed by atoms with Gasteiger partial charge in [0.1, 0.15) is 5.82 Å². The number of benzene rings is 1. The van der Waals surface area contributed by atoms with Crippen molar-refractivity contribution in [2.24, 2.45) is 0 Å². The molecule has 0 radical (unpaired) electrons. The SMILES string of the molecule is COCCCn1c(C)cc(C(=O)COC(=O)c2cc(S(=O)(=O)N3CCOCC3)ccc2F)c1C. The first-order chi connectivity index (χ1) is 16.2. The summed E-state index contributed by atoms with van der Waals surface area (Å²) < 4.78 is 58.5. The Kier molecular flexibility index (Phi) is 8.58. The lowest BCUT2D eigenvalue weighted by Gasteiger charge is -2.26. The highest BCUT2D eigenvalue weighted by atomic mass is 32.2. The van der Waals surface area contributed by atoms with Crippen molar-refractivity contribution in [3.8, 4) is 0 Å². The first-order valence-electron chi connectivity index (χ1n) is 10.9. The molecule has 1 aliphatic heterocycles. The van der Waals surface area contributed by atoms with Crippen LogP contribution in [0.1, 0.15) is 38.5 Å². The molecule has 11 heteroatoms. The molecule has 0 spiro atoms.